The molecule has 14 heavy (non-hydrogen) atoms. The molecule has 0 aromatic carbocycles. The molecule has 0 saturated carbocycles. The summed E-state index contributed by atoms with van der Waals surface area (Å²) in [6, 6.07) is 0.225. The summed E-state index contributed by atoms with van der Waals surface area (Å²) in [5.74, 6) is -2.63. The molecule has 0 radical (unpaired) electrons. The van der Waals surface area contributed by atoms with Crippen molar-refractivity contribution >= 4 is 0 Å². The third-order valence-electron chi connectivity index (χ3n) is 2.88. The molecule has 0 aromatic heterocycles. The fourth-order valence-electron chi connectivity index (χ4n) is 2.28. The second kappa shape index (κ2) is 3.72. The highest BCUT2D eigenvalue weighted by atomic mass is 19.3. The van der Waals surface area contributed by atoms with Gasteiger partial charge in [0.25, 0.3) is 5.92 Å². The summed E-state index contributed by atoms with van der Waals surface area (Å²) in [7, 11) is 1.55. The minimum Gasteiger partial charge on any atom is -0.375 e. The minimum atomic E-state index is -2.63. The fourth-order valence-corrected chi connectivity index (χ4v) is 2.28. The molecule has 2 fully saturated rings. The quantitative estimate of drug-likeness (QED) is 0.716. The summed E-state index contributed by atoms with van der Waals surface area (Å²) >= 11 is 0. The van der Waals surface area contributed by atoms with E-state index in [1.54, 1.807) is 7.05 Å². The maximum Gasteiger partial charge on any atom is 0.272 e. The zero-order valence-electron chi connectivity index (χ0n) is 8.30. The van der Waals surface area contributed by atoms with Crippen LogP contribution >= 0.6 is 0 Å². The summed E-state index contributed by atoms with van der Waals surface area (Å²) in [5.41, 5.74) is 0. The standard InChI is InChI=1S/C9H16F2N2O/c1-12-5-9(10,11)6-13-3-8-2-7(13)4-14-8/h7-8,12H,2-6H2,1H3. The van der Waals surface area contributed by atoms with Crippen LogP contribution in [0.2, 0.25) is 0 Å². The first-order valence-electron chi connectivity index (χ1n) is 4.99. The number of alkyl halides is 2. The number of fused-ring (bicyclic) bond motifs is 2. The van der Waals surface area contributed by atoms with Gasteiger partial charge in [0.05, 0.1) is 25.8 Å². The van der Waals surface area contributed by atoms with E-state index in [9.17, 15) is 8.78 Å². The van der Waals surface area contributed by atoms with Crippen LogP contribution in [0.1, 0.15) is 6.42 Å². The van der Waals surface area contributed by atoms with Crippen molar-refractivity contribution in [2.45, 2.75) is 24.5 Å². The van der Waals surface area contributed by atoms with Gasteiger partial charge in [-0.15, -0.1) is 0 Å². The second-order valence-corrected chi connectivity index (χ2v) is 4.16. The predicted molar refractivity (Wildman–Crippen MR) is 48.6 cm³/mol. The van der Waals surface area contributed by atoms with E-state index in [-0.39, 0.29) is 25.2 Å². The van der Waals surface area contributed by atoms with Crippen molar-refractivity contribution in [1.82, 2.24) is 10.2 Å². The molecule has 1 N–H and O–H groups in total. The van der Waals surface area contributed by atoms with E-state index in [1.165, 1.54) is 0 Å². The lowest BCUT2D eigenvalue weighted by Crippen LogP contribution is -2.47. The van der Waals surface area contributed by atoms with Gasteiger partial charge in [-0.3, -0.25) is 4.90 Å². The number of nitrogens with one attached hydrogen (secondary N) is 1. The van der Waals surface area contributed by atoms with Gasteiger partial charge in [0.2, 0.25) is 0 Å². The number of nitrogens with zero attached hydrogens (tertiary/aromatic N) is 1. The van der Waals surface area contributed by atoms with Gasteiger partial charge in [-0.05, 0) is 13.5 Å². The van der Waals surface area contributed by atoms with Crippen molar-refractivity contribution in [2.24, 2.45) is 0 Å². The van der Waals surface area contributed by atoms with Gasteiger partial charge in [0.1, 0.15) is 0 Å². The van der Waals surface area contributed by atoms with Crippen LogP contribution in [0.3, 0.4) is 0 Å². The Kier molecular flexibility index (Phi) is 2.72. The summed E-state index contributed by atoms with van der Waals surface area (Å²) < 4.78 is 31.9. The second-order valence-electron chi connectivity index (χ2n) is 4.16. The molecule has 2 aliphatic rings. The van der Waals surface area contributed by atoms with Crippen LogP contribution in [-0.4, -0.2) is 56.3 Å². The summed E-state index contributed by atoms with van der Waals surface area (Å²) in [5, 5.41) is 2.52. The first-order valence-corrected chi connectivity index (χ1v) is 4.99. The Morgan fingerprint density at radius 2 is 2.36 bits per heavy atom. The molecule has 0 spiro atoms. The number of ether oxygens (including phenoxy) is 1. The van der Waals surface area contributed by atoms with Crippen LogP contribution in [-0.2, 0) is 4.74 Å². The summed E-state index contributed by atoms with van der Waals surface area (Å²) in [4.78, 5) is 1.85. The average molecular weight is 206 g/mol. The van der Waals surface area contributed by atoms with Gasteiger partial charge >= 0.3 is 0 Å². The molecular formula is C9H16F2N2O. The Labute approximate surface area is 82.4 Å². The summed E-state index contributed by atoms with van der Waals surface area (Å²) in [6.45, 7) is 0.907. The van der Waals surface area contributed by atoms with Crippen molar-refractivity contribution in [3.63, 3.8) is 0 Å². The Hall–Kier alpha value is -0.260. The minimum absolute atomic E-state index is 0.141. The van der Waals surface area contributed by atoms with Crippen LogP contribution in [0, 0.1) is 0 Å². The maximum atomic E-state index is 13.3. The Bertz CT molecular complexity index is 213. The largest absolute Gasteiger partial charge is 0.375 e. The number of rotatable bonds is 4. The average Bonchev–Trinajstić information content (AvgIpc) is 2.63. The third kappa shape index (κ3) is 2.04. The molecule has 2 bridgehead atoms. The number of morpholine rings is 1. The highest BCUT2D eigenvalue weighted by molar-refractivity contribution is 4.93. The lowest BCUT2D eigenvalue weighted by molar-refractivity contribution is -0.0559. The molecule has 2 unspecified atom stereocenters. The van der Waals surface area contributed by atoms with Gasteiger partial charge in [-0.2, -0.15) is 0 Å². The molecule has 2 aliphatic heterocycles. The number of hydrogen-bond acceptors (Lipinski definition) is 3. The van der Waals surface area contributed by atoms with Crippen molar-refractivity contribution in [3.05, 3.63) is 0 Å². The van der Waals surface area contributed by atoms with E-state index in [1.807, 2.05) is 4.90 Å². The normalized spacial score (nSPS) is 32.8. The Morgan fingerprint density at radius 3 is 2.86 bits per heavy atom. The molecule has 2 saturated heterocycles. The maximum absolute atomic E-state index is 13.3. The van der Waals surface area contributed by atoms with E-state index < -0.39 is 5.92 Å². The van der Waals surface area contributed by atoms with E-state index >= 15 is 0 Å². The zero-order chi connectivity index (χ0) is 10.2. The molecule has 0 amide bonds. The zero-order valence-corrected chi connectivity index (χ0v) is 8.30. The van der Waals surface area contributed by atoms with Gasteiger partial charge < -0.3 is 10.1 Å². The van der Waals surface area contributed by atoms with Gasteiger partial charge in [0, 0.05) is 12.6 Å². The van der Waals surface area contributed by atoms with E-state index in [4.69, 9.17) is 4.74 Å². The molecule has 2 atom stereocenters. The van der Waals surface area contributed by atoms with Crippen LogP contribution in [0.5, 0.6) is 0 Å². The van der Waals surface area contributed by atoms with Crippen LogP contribution < -0.4 is 5.32 Å². The number of halogens is 2. The smallest absolute Gasteiger partial charge is 0.272 e. The molecule has 2 rings (SSSR count). The lowest BCUT2D eigenvalue weighted by Gasteiger charge is -2.30. The van der Waals surface area contributed by atoms with E-state index in [0.29, 0.717) is 13.2 Å². The van der Waals surface area contributed by atoms with Crippen molar-refractivity contribution in [1.29, 1.82) is 0 Å². The highest BCUT2D eigenvalue weighted by Gasteiger charge is 2.43. The molecule has 3 nitrogen and oxygen atoms in total. The summed E-state index contributed by atoms with van der Waals surface area (Å²) in [6.07, 6.45) is 1.13. The SMILES string of the molecule is CNCC(F)(F)CN1CC2CC1CO2. The molecule has 2 heterocycles. The first-order chi connectivity index (χ1) is 6.61. The topological polar surface area (TPSA) is 24.5 Å². The van der Waals surface area contributed by atoms with Gasteiger partial charge in [-0.25, -0.2) is 8.78 Å². The van der Waals surface area contributed by atoms with Crippen LogP contribution in [0.15, 0.2) is 0 Å². The molecule has 0 aliphatic carbocycles. The Morgan fingerprint density at radius 1 is 1.57 bits per heavy atom. The monoisotopic (exact) mass is 206 g/mol. The number of likely N-dealkylation sites (tertiary alicyclic amines) is 1. The fraction of sp³-hybridized carbons (Fsp3) is 1.00. The van der Waals surface area contributed by atoms with Crippen molar-refractivity contribution in [2.75, 3.05) is 33.3 Å². The number of hydrogen-bond donors (Lipinski definition) is 1. The van der Waals surface area contributed by atoms with Crippen molar-refractivity contribution < 1.29 is 13.5 Å². The molecule has 5 heteroatoms. The molecular weight excluding hydrogens is 190 g/mol. The highest BCUT2D eigenvalue weighted by Crippen LogP contribution is 2.29. The van der Waals surface area contributed by atoms with Crippen LogP contribution in [0.25, 0.3) is 0 Å². The first kappa shape index (κ1) is 10.3. The third-order valence-corrected chi connectivity index (χ3v) is 2.88. The van der Waals surface area contributed by atoms with E-state index in [2.05, 4.69) is 5.32 Å². The van der Waals surface area contributed by atoms with E-state index in [0.717, 1.165) is 6.42 Å². The lowest BCUT2D eigenvalue weighted by atomic mass is 10.2. The van der Waals surface area contributed by atoms with Gasteiger partial charge in [-0.1, -0.05) is 0 Å². The van der Waals surface area contributed by atoms with Crippen molar-refractivity contribution in [3.8, 4) is 0 Å². The Balaban J connectivity index is 1.86. The molecule has 82 valence electrons. The molecule has 0 aromatic rings. The van der Waals surface area contributed by atoms with Crippen LogP contribution in [0.4, 0.5) is 8.78 Å². The van der Waals surface area contributed by atoms with Gasteiger partial charge in [0.15, 0.2) is 0 Å². The predicted octanol–water partition coefficient (Wildman–Crippen LogP) is 0.314.